The number of carboxylic acid groups (broad SMARTS) is 1. The number of carboxylic acids is 1. The molecule has 6 atom stereocenters. The Kier molecular flexibility index (Phi) is 5.06. The monoisotopic (exact) mass is 370 g/mol. The van der Waals surface area contributed by atoms with Crippen molar-refractivity contribution in [3.8, 4) is 0 Å². The van der Waals surface area contributed by atoms with Gasteiger partial charge in [-0.2, -0.15) is 0 Å². The van der Waals surface area contributed by atoms with Crippen molar-refractivity contribution in [2.24, 2.45) is 34.5 Å². The van der Waals surface area contributed by atoms with Gasteiger partial charge < -0.3 is 5.11 Å². The van der Waals surface area contributed by atoms with Crippen LogP contribution in [0.5, 0.6) is 0 Å². The molecule has 0 aromatic carbocycles. The molecule has 0 aromatic rings. The molecule has 2 heteroatoms. The van der Waals surface area contributed by atoms with Crippen LogP contribution in [0.15, 0.2) is 23.3 Å². The normalized spacial score (nSPS) is 43.2. The lowest BCUT2D eigenvalue weighted by Gasteiger charge is -2.57. The van der Waals surface area contributed by atoms with E-state index in [9.17, 15) is 9.90 Å². The maximum atomic E-state index is 11.5. The Hall–Kier alpha value is -1.05. The molecule has 0 spiro atoms. The number of rotatable bonds is 5. The molecule has 2 saturated carbocycles. The summed E-state index contributed by atoms with van der Waals surface area (Å²) in [5.41, 5.74) is 2.74. The molecule has 0 amide bonds. The third-order valence-corrected chi connectivity index (χ3v) is 9.40. The molecule has 0 bridgehead atoms. The van der Waals surface area contributed by atoms with Gasteiger partial charge in [-0.3, -0.25) is 0 Å². The Balaban J connectivity index is 1.56. The molecule has 1 N–H and O–H groups in total. The van der Waals surface area contributed by atoms with Gasteiger partial charge in [0.2, 0.25) is 0 Å². The molecule has 0 aromatic heterocycles. The second kappa shape index (κ2) is 7.08. The fourth-order valence-corrected chi connectivity index (χ4v) is 7.72. The minimum Gasteiger partial charge on any atom is -0.478 e. The lowest BCUT2D eigenvalue weighted by molar-refractivity contribution is -0.133. The highest BCUT2D eigenvalue weighted by atomic mass is 16.4. The fraction of sp³-hybridized carbons (Fsp3) is 0.800. The van der Waals surface area contributed by atoms with Crippen LogP contribution in [0.1, 0.15) is 91.4 Å². The van der Waals surface area contributed by atoms with Gasteiger partial charge in [0.25, 0.3) is 0 Å². The zero-order valence-electron chi connectivity index (χ0n) is 17.6. The standard InChI is InChI=1S/C25H38O2/c1-4-5-6-7-18-9-11-21-20-10-8-19-16-17(23(26)27)12-14-25(19,3)22(20)13-15-24(18,21)2/h8,16,18,20-22H,4-7,9-15H2,1-3H3,(H,26,27)/t18-,20-,21-,22-,24+,25-/m0/s1. The van der Waals surface area contributed by atoms with Crippen LogP contribution < -0.4 is 0 Å². The Morgan fingerprint density at radius 1 is 1.15 bits per heavy atom. The zero-order valence-corrected chi connectivity index (χ0v) is 17.6. The Morgan fingerprint density at radius 3 is 2.70 bits per heavy atom. The topological polar surface area (TPSA) is 37.3 Å². The van der Waals surface area contributed by atoms with Crippen LogP contribution >= 0.6 is 0 Å². The predicted molar refractivity (Wildman–Crippen MR) is 110 cm³/mol. The second-order valence-corrected chi connectivity index (χ2v) is 10.5. The number of hydrogen-bond donors (Lipinski definition) is 1. The largest absolute Gasteiger partial charge is 0.478 e. The Morgan fingerprint density at radius 2 is 1.96 bits per heavy atom. The average molecular weight is 371 g/mol. The molecule has 4 aliphatic carbocycles. The van der Waals surface area contributed by atoms with E-state index in [0.717, 1.165) is 36.5 Å². The van der Waals surface area contributed by atoms with E-state index < -0.39 is 5.97 Å². The summed E-state index contributed by atoms with van der Waals surface area (Å²) in [5, 5.41) is 9.42. The minimum absolute atomic E-state index is 0.212. The van der Waals surface area contributed by atoms with E-state index in [4.69, 9.17) is 0 Å². The van der Waals surface area contributed by atoms with Gasteiger partial charge in [0.15, 0.2) is 0 Å². The number of aliphatic carboxylic acids is 1. The Bertz CT molecular complexity index is 659. The van der Waals surface area contributed by atoms with Crippen molar-refractivity contribution in [2.75, 3.05) is 0 Å². The number of unbranched alkanes of at least 4 members (excludes halogenated alkanes) is 2. The van der Waals surface area contributed by atoms with E-state index in [2.05, 4.69) is 26.8 Å². The summed E-state index contributed by atoms with van der Waals surface area (Å²) in [6.07, 6.45) is 18.6. The molecule has 150 valence electrons. The average Bonchev–Trinajstić information content (AvgIpc) is 2.97. The van der Waals surface area contributed by atoms with Gasteiger partial charge in [0.1, 0.15) is 0 Å². The van der Waals surface area contributed by atoms with E-state index in [1.807, 2.05) is 6.08 Å². The van der Waals surface area contributed by atoms with E-state index in [1.165, 1.54) is 63.4 Å². The van der Waals surface area contributed by atoms with Crippen molar-refractivity contribution in [1.82, 2.24) is 0 Å². The molecular formula is C25H38O2. The third-order valence-electron chi connectivity index (χ3n) is 9.40. The molecule has 4 aliphatic rings. The van der Waals surface area contributed by atoms with E-state index in [1.54, 1.807) is 0 Å². The lowest BCUT2D eigenvalue weighted by atomic mass is 9.47. The van der Waals surface area contributed by atoms with Crippen LogP contribution in [-0.2, 0) is 4.79 Å². The first-order chi connectivity index (χ1) is 12.9. The molecule has 2 nitrogen and oxygen atoms in total. The van der Waals surface area contributed by atoms with Gasteiger partial charge >= 0.3 is 5.97 Å². The van der Waals surface area contributed by atoms with Crippen LogP contribution in [0.2, 0.25) is 0 Å². The minimum atomic E-state index is -0.720. The van der Waals surface area contributed by atoms with Crippen molar-refractivity contribution < 1.29 is 9.90 Å². The van der Waals surface area contributed by atoms with Gasteiger partial charge in [-0.05, 0) is 97.5 Å². The molecule has 4 rings (SSSR count). The Labute approximate surface area is 165 Å². The first-order valence-electron chi connectivity index (χ1n) is 11.5. The SMILES string of the molecule is CCCCC[C@H]1CC[C@H]2[C@@H]3CC=C4C=C(C(=O)O)CC[C@]4(C)[C@H]3CC[C@]12C. The molecule has 2 fully saturated rings. The second-order valence-electron chi connectivity index (χ2n) is 10.5. The van der Waals surface area contributed by atoms with E-state index >= 15 is 0 Å². The van der Waals surface area contributed by atoms with Gasteiger partial charge in [0.05, 0.1) is 0 Å². The third kappa shape index (κ3) is 3.02. The van der Waals surface area contributed by atoms with Crippen molar-refractivity contribution in [3.05, 3.63) is 23.3 Å². The molecule has 0 heterocycles. The summed E-state index contributed by atoms with van der Waals surface area (Å²) in [6, 6.07) is 0. The molecule has 0 aliphatic heterocycles. The van der Waals surface area contributed by atoms with Crippen LogP contribution in [0.3, 0.4) is 0 Å². The summed E-state index contributed by atoms with van der Waals surface area (Å²) in [6.45, 7) is 7.38. The van der Waals surface area contributed by atoms with E-state index in [-0.39, 0.29) is 5.41 Å². The lowest BCUT2D eigenvalue weighted by Crippen LogP contribution is -2.49. The van der Waals surface area contributed by atoms with Gasteiger partial charge in [-0.1, -0.05) is 46.1 Å². The molecular weight excluding hydrogens is 332 g/mol. The van der Waals surface area contributed by atoms with Gasteiger partial charge in [-0.25, -0.2) is 4.79 Å². The highest BCUT2D eigenvalue weighted by Crippen LogP contribution is 2.66. The number of hydrogen-bond acceptors (Lipinski definition) is 1. The summed E-state index contributed by atoms with van der Waals surface area (Å²) >= 11 is 0. The summed E-state index contributed by atoms with van der Waals surface area (Å²) in [4.78, 5) is 11.5. The van der Waals surface area contributed by atoms with Crippen molar-refractivity contribution in [3.63, 3.8) is 0 Å². The van der Waals surface area contributed by atoms with Gasteiger partial charge in [0, 0.05) is 5.57 Å². The quantitative estimate of drug-likeness (QED) is 0.542. The van der Waals surface area contributed by atoms with Crippen LogP contribution in [0, 0.1) is 34.5 Å². The van der Waals surface area contributed by atoms with Crippen molar-refractivity contribution >= 4 is 5.97 Å². The highest BCUT2D eigenvalue weighted by Gasteiger charge is 2.57. The van der Waals surface area contributed by atoms with E-state index in [0.29, 0.717) is 11.0 Å². The maximum absolute atomic E-state index is 11.5. The predicted octanol–water partition coefficient (Wildman–Crippen LogP) is 6.77. The highest BCUT2D eigenvalue weighted by molar-refractivity contribution is 5.87. The van der Waals surface area contributed by atoms with Crippen molar-refractivity contribution in [1.29, 1.82) is 0 Å². The maximum Gasteiger partial charge on any atom is 0.331 e. The van der Waals surface area contributed by atoms with Crippen LogP contribution in [-0.4, -0.2) is 11.1 Å². The van der Waals surface area contributed by atoms with Crippen molar-refractivity contribution in [2.45, 2.75) is 91.4 Å². The number of carbonyl (C=O) groups is 1. The molecule has 0 unspecified atom stereocenters. The van der Waals surface area contributed by atoms with Crippen LogP contribution in [0.4, 0.5) is 0 Å². The zero-order chi connectivity index (χ0) is 19.2. The molecule has 27 heavy (non-hydrogen) atoms. The number of allylic oxidation sites excluding steroid dienone is 3. The van der Waals surface area contributed by atoms with Crippen LogP contribution in [0.25, 0.3) is 0 Å². The smallest absolute Gasteiger partial charge is 0.331 e. The number of fused-ring (bicyclic) bond motifs is 5. The van der Waals surface area contributed by atoms with Gasteiger partial charge in [-0.15, -0.1) is 0 Å². The first-order valence-corrected chi connectivity index (χ1v) is 11.5. The first kappa shape index (κ1) is 19.3. The molecule has 0 radical (unpaired) electrons. The summed E-state index contributed by atoms with van der Waals surface area (Å²) in [7, 11) is 0. The summed E-state index contributed by atoms with van der Waals surface area (Å²) in [5.74, 6) is 2.70. The fourth-order valence-electron chi connectivity index (χ4n) is 7.72. The summed E-state index contributed by atoms with van der Waals surface area (Å²) < 4.78 is 0. The molecule has 0 saturated heterocycles.